The van der Waals surface area contributed by atoms with Crippen LogP contribution in [0.1, 0.15) is 41.6 Å². The number of carbonyl (C=O) groups excluding carboxylic acids is 1. The van der Waals surface area contributed by atoms with Crippen molar-refractivity contribution >= 4 is 22.8 Å². The highest BCUT2D eigenvalue weighted by Crippen LogP contribution is 2.33. The zero-order valence-electron chi connectivity index (χ0n) is 18.8. The van der Waals surface area contributed by atoms with Gasteiger partial charge in [0.15, 0.2) is 0 Å². The Morgan fingerprint density at radius 2 is 1.81 bits per heavy atom. The van der Waals surface area contributed by atoms with Gasteiger partial charge in [-0.25, -0.2) is 9.97 Å². The van der Waals surface area contributed by atoms with Crippen molar-refractivity contribution in [1.82, 2.24) is 25.2 Å². The Bertz CT molecular complexity index is 1060. The van der Waals surface area contributed by atoms with Crippen LogP contribution in [0.5, 0.6) is 0 Å². The molecule has 168 valence electrons. The fraction of sp³-hybridized carbons (Fsp3) is 0.480. The lowest BCUT2D eigenvalue weighted by Gasteiger charge is -2.32. The first-order valence-corrected chi connectivity index (χ1v) is 11.8. The first-order chi connectivity index (χ1) is 15.7. The molecule has 1 aliphatic heterocycles. The normalized spacial score (nSPS) is 17.1. The van der Waals surface area contributed by atoms with Crippen molar-refractivity contribution in [1.29, 1.82) is 0 Å². The third-order valence-corrected chi connectivity index (χ3v) is 6.80. The zero-order chi connectivity index (χ0) is 21.9. The number of carbonyl (C=O) groups is 1. The van der Waals surface area contributed by atoms with E-state index in [1.54, 1.807) is 19.4 Å². The number of amides is 1. The lowest BCUT2D eigenvalue weighted by atomic mass is 9.97. The van der Waals surface area contributed by atoms with E-state index in [9.17, 15) is 4.79 Å². The second-order valence-corrected chi connectivity index (χ2v) is 9.18. The number of para-hydroxylation sites is 1. The molecule has 0 unspecified atom stereocenters. The van der Waals surface area contributed by atoms with Gasteiger partial charge in [0.1, 0.15) is 0 Å². The summed E-state index contributed by atoms with van der Waals surface area (Å²) in [5.41, 5.74) is 3.27. The van der Waals surface area contributed by atoms with Crippen LogP contribution in [0, 0.1) is 11.8 Å². The molecule has 0 bridgehead atoms. The Kier molecular flexibility index (Phi) is 6.08. The lowest BCUT2D eigenvalue weighted by Crippen LogP contribution is -2.38. The quantitative estimate of drug-likeness (QED) is 0.572. The molecular formula is C25H32N6O. The number of rotatable bonds is 8. The predicted molar refractivity (Wildman–Crippen MR) is 127 cm³/mol. The number of benzene rings is 1. The Morgan fingerprint density at radius 1 is 1.06 bits per heavy atom. The minimum absolute atomic E-state index is 0.156. The summed E-state index contributed by atoms with van der Waals surface area (Å²) in [6.45, 7) is 5.01. The maximum Gasteiger partial charge on any atom is 0.254 e. The van der Waals surface area contributed by atoms with Crippen molar-refractivity contribution in [3.63, 3.8) is 0 Å². The van der Waals surface area contributed by atoms with E-state index < -0.39 is 0 Å². The number of hydrogen-bond acceptors (Lipinski definition) is 5. The van der Waals surface area contributed by atoms with Gasteiger partial charge in [-0.1, -0.05) is 18.2 Å². The third kappa shape index (κ3) is 4.63. The first-order valence-electron chi connectivity index (χ1n) is 11.8. The average Bonchev–Trinajstić information content (AvgIpc) is 3.60. The molecule has 2 N–H and O–H groups in total. The molecule has 0 atom stereocenters. The summed E-state index contributed by atoms with van der Waals surface area (Å²) < 4.78 is 2.46. The Hall–Kier alpha value is -2.93. The molecule has 1 saturated heterocycles. The van der Waals surface area contributed by atoms with Crippen molar-refractivity contribution < 1.29 is 4.79 Å². The van der Waals surface area contributed by atoms with E-state index in [1.165, 1.54) is 29.3 Å². The molecule has 2 fully saturated rings. The number of nitrogens with one attached hydrogen (secondary N) is 2. The molecule has 1 amide bonds. The molecule has 1 aliphatic carbocycles. The van der Waals surface area contributed by atoms with Crippen LogP contribution in [0.4, 0.5) is 5.95 Å². The number of anilines is 1. The van der Waals surface area contributed by atoms with Crippen molar-refractivity contribution in [3.05, 3.63) is 54.0 Å². The second-order valence-electron chi connectivity index (χ2n) is 9.18. The summed E-state index contributed by atoms with van der Waals surface area (Å²) in [6.07, 6.45) is 10.6. The summed E-state index contributed by atoms with van der Waals surface area (Å²) in [6, 6.07) is 8.79. The molecule has 5 rings (SSSR count). The molecule has 0 spiro atoms. The van der Waals surface area contributed by atoms with E-state index in [2.05, 4.69) is 60.5 Å². The molecule has 2 aliphatic rings. The summed E-state index contributed by atoms with van der Waals surface area (Å²) in [5, 5.41) is 7.70. The van der Waals surface area contributed by atoms with E-state index >= 15 is 0 Å². The molecule has 7 heteroatoms. The summed E-state index contributed by atoms with van der Waals surface area (Å²) in [7, 11) is 1.61. The Labute approximate surface area is 189 Å². The molecule has 3 aromatic rings. The molecule has 1 aromatic carbocycles. The third-order valence-electron chi connectivity index (χ3n) is 6.80. The fourth-order valence-electron chi connectivity index (χ4n) is 4.69. The fourth-order valence-corrected chi connectivity index (χ4v) is 4.69. The highest BCUT2D eigenvalue weighted by atomic mass is 16.1. The maximum atomic E-state index is 11.7. The zero-order valence-corrected chi connectivity index (χ0v) is 18.8. The van der Waals surface area contributed by atoms with Gasteiger partial charge in [0.05, 0.1) is 5.56 Å². The van der Waals surface area contributed by atoms with Crippen LogP contribution in [0.25, 0.3) is 10.9 Å². The maximum absolute atomic E-state index is 11.7. The van der Waals surface area contributed by atoms with Crippen molar-refractivity contribution in [2.45, 2.75) is 38.8 Å². The van der Waals surface area contributed by atoms with Crippen LogP contribution in [0.3, 0.4) is 0 Å². The van der Waals surface area contributed by atoms with Crippen LogP contribution in [-0.4, -0.2) is 47.1 Å². The standard InChI is InChI=1S/C25H32N6O/c1-26-24(32)20-14-28-25(29-15-20)30-10-8-18(9-11-30)12-27-13-21-17-31(16-19-6-7-19)23-5-3-2-4-22(21)23/h2-5,14-15,17-19,27H,6-13,16H2,1H3,(H,26,32). The highest BCUT2D eigenvalue weighted by molar-refractivity contribution is 5.93. The molecule has 0 radical (unpaired) electrons. The van der Waals surface area contributed by atoms with Gasteiger partial charge in [-0.15, -0.1) is 0 Å². The first kappa shape index (κ1) is 20.9. The van der Waals surface area contributed by atoms with Gasteiger partial charge in [0.25, 0.3) is 5.91 Å². The number of hydrogen-bond donors (Lipinski definition) is 2. The largest absolute Gasteiger partial charge is 0.355 e. The van der Waals surface area contributed by atoms with Crippen LogP contribution in [-0.2, 0) is 13.1 Å². The molecule has 7 nitrogen and oxygen atoms in total. The monoisotopic (exact) mass is 432 g/mol. The Balaban J connectivity index is 1.12. The van der Waals surface area contributed by atoms with Crippen LogP contribution < -0.4 is 15.5 Å². The molecular weight excluding hydrogens is 400 g/mol. The van der Waals surface area contributed by atoms with E-state index in [1.807, 2.05) is 0 Å². The van der Waals surface area contributed by atoms with E-state index in [0.717, 1.165) is 51.5 Å². The van der Waals surface area contributed by atoms with Crippen LogP contribution in [0.2, 0.25) is 0 Å². The van der Waals surface area contributed by atoms with Gasteiger partial charge in [-0.2, -0.15) is 0 Å². The van der Waals surface area contributed by atoms with Gasteiger partial charge in [-0.3, -0.25) is 4.79 Å². The summed E-state index contributed by atoms with van der Waals surface area (Å²) in [4.78, 5) is 22.7. The van der Waals surface area contributed by atoms with Crippen molar-refractivity contribution in [3.8, 4) is 0 Å². The van der Waals surface area contributed by atoms with Crippen molar-refractivity contribution in [2.24, 2.45) is 11.8 Å². The summed E-state index contributed by atoms with van der Waals surface area (Å²) >= 11 is 0. The van der Waals surface area contributed by atoms with Crippen molar-refractivity contribution in [2.75, 3.05) is 31.6 Å². The van der Waals surface area contributed by atoms with Crippen LogP contribution >= 0.6 is 0 Å². The second kappa shape index (κ2) is 9.28. The average molecular weight is 433 g/mol. The number of piperidine rings is 1. The van der Waals surface area contributed by atoms with Gasteiger partial charge < -0.3 is 20.1 Å². The molecule has 2 aromatic heterocycles. The van der Waals surface area contributed by atoms with Crippen LogP contribution in [0.15, 0.2) is 42.9 Å². The van der Waals surface area contributed by atoms with Gasteiger partial charge in [0.2, 0.25) is 5.95 Å². The van der Waals surface area contributed by atoms with E-state index in [4.69, 9.17) is 0 Å². The summed E-state index contributed by atoms with van der Waals surface area (Å²) in [5.74, 6) is 2.10. The minimum Gasteiger partial charge on any atom is -0.355 e. The SMILES string of the molecule is CNC(=O)c1cnc(N2CCC(CNCc3cn(CC4CC4)c4ccccc34)CC2)nc1. The molecule has 1 saturated carbocycles. The number of nitrogens with zero attached hydrogens (tertiary/aromatic N) is 4. The Morgan fingerprint density at radius 3 is 2.53 bits per heavy atom. The predicted octanol–water partition coefficient (Wildman–Crippen LogP) is 3.21. The van der Waals surface area contributed by atoms with Gasteiger partial charge in [-0.05, 0) is 55.7 Å². The molecule has 32 heavy (non-hydrogen) atoms. The van der Waals surface area contributed by atoms with Gasteiger partial charge in [0, 0.05) is 62.7 Å². The topological polar surface area (TPSA) is 75.1 Å². The smallest absolute Gasteiger partial charge is 0.254 e. The lowest BCUT2D eigenvalue weighted by molar-refractivity contribution is 0.0962. The number of aromatic nitrogens is 3. The molecule has 3 heterocycles. The number of fused-ring (bicyclic) bond motifs is 1. The van der Waals surface area contributed by atoms with E-state index in [-0.39, 0.29) is 5.91 Å². The van der Waals surface area contributed by atoms with E-state index in [0.29, 0.717) is 17.4 Å². The minimum atomic E-state index is -0.156. The highest BCUT2D eigenvalue weighted by Gasteiger charge is 2.23. The van der Waals surface area contributed by atoms with Gasteiger partial charge >= 0.3 is 0 Å².